The molecule has 0 bridgehead atoms. The van der Waals surface area contributed by atoms with Crippen molar-refractivity contribution < 1.29 is 23.8 Å². The Balaban J connectivity index is 2.49. The summed E-state index contributed by atoms with van der Waals surface area (Å²) in [4.78, 5) is 22.6. The Morgan fingerprint density at radius 3 is 2.58 bits per heavy atom. The largest absolute Gasteiger partial charge is 0.497 e. The summed E-state index contributed by atoms with van der Waals surface area (Å²) < 4.78 is 14.5. The molecule has 2 N–H and O–H groups in total. The zero-order valence-corrected chi connectivity index (χ0v) is 11.0. The van der Waals surface area contributed by atoms with Crippen LogP contribution in [-0.2, 0) is 14.3 Å². The molecule has 1 aromatic carbocycles. The number of anilines is 1. The second-order valence-corrected chi connectivity index (χ2v) is 3.81. The molecule has 0 aliphatic heterocycles. The van der Waals surface area contributed by atoms with E-state index in [4.69, 9.17) is 15.2 Å². The second kappa shape index (κ2) is 7.25. The lowest BCUT2D eigenvalue weighted by atomic mass is 10.2. The molecule has 0 spiro atoms. The molecule has 0 fully saturated rings. The van der Waals surface area contributed by atoms with E-state index in [2.05, 4.69) is 4.74 Å². The molecule has 0 aromatic heterocycles. The number of carbonyl (C=O) groups excluding carboxylic acids is 2. The van der Waals surface area contributed by atoms with Crippen LogP contribution in [-0.4, -0.2) is 32.8 Å². The van der Waals surface area contributed by atoms with Crippen molar-refractivity contribution >= 4 is 17.6 Å². The van der Waals surface area contributed by atoms with Gasteiger partial charge in [0.05, 0.1) is 26.4 Å². The maximum absolute atomic E-state index is 11.7. The first kappa shape index (κ1) is 14.8. The number of nitrogen functional groups attached to an aromatic ring is 1. The average Bonchev–Trinajstić information content (AvgIpc) is 2.42. The first-order valence-corrected chi connectivity index (χ1v) is 5.75. The standard InChI is InChI=1S/C13H17NO5/c1-17-11-7-9(6-10(14)8-11)13(16)19-5-3-4-12(15)18-2/h6-8H,3-5,14H2,1-2H3. The third kappa shape index (κ3) is 4.87. The number of hydrogen-bond donors (Lipinski definition) is 1. The summed E-state index contributed by atoms with van der Waals surface area (Å²) in [5.41, 5.74) is 6.37. The van der Waals surface area contributed by atoms with Crippen molar-refractivity contribution in [2.45, 2.75) is 12.8 Å². The molecule has 6 nitrogen and oxygen atoms in total. The molecule has 0 radical (unpaired) electrons. The second-order valence-electron chi connectivity index (χ2n) is 3.81. The van der Waals surface area contributed by atoms with E-state index in [-0.39, 0.29) is 19.0 Å². The van der Waals surface area contributed by atoms with Crippen LogP contribution < -0.4 is 10.5 Å². The van der Waals surface area contributed by atoms with Gasteiger partial charge in [-0.05, 0) is 18.6 Å². The zero-order valence-electron chi connectivity index (χ0n) is 11.0. The molecule has 1 aromatic rings. The van der Waals surface area contributed by atoms with Crippen LogP contribution in [0.3, 0.4) is 0 Å². The Labute approximate surface area is 111 Å². The van der Waals surface area contributed by atoms with Crippen LogP contribution in [0, 0.1) is 0 Å². The Bertz CT molecular complexity index is 458. The van der Waals surface area contributed by atoms with E-state index in [0.717, 1.165) is 0 Å². The van der Waals surface area contributed by atoms with Crippen LogP contribution in [0.4, 0.5) is 5.69 Å². The topological polar surface area (TPSA) is 87.9 Å². The van der Waals surface area contributed by atoms with Gasteiger partial charge in [-0.25, -0.2) is 4.79 Å². The van der Waals surface area contributed by atoms with Crippen LogP contribution in [0.25, 0.3) is 0 Å². The molecule has 19 heavy (non-hydrogen) atoms. The lowest BCUT2D eigenvalue weighted by Gasteiger charge is -2.07. The normalized spacial score (nSPS) is 9.79. The van der Waals surface area contributed by atoms with E-state index in [0.29, 0.717) is 23.4 Å². The van der Waals surface area contributed by atoms with Crippen molar-refractivity contribution in [3.05, 3.63) is 23.8 Å². The molecule has 1 rings (SSSR count). The number of ether oxygens (including phenoxy) is 3. The van der Waals surface area contributed by atoms with Crippen molar-refractivity contribution in [3.63, 3.8) is 0 Å². The van der Waals surface area contributed by atoms with E-state index in [1.54, 1.807) is 12.1 Å². The summed E-state index contributed by atoms with van der Waals surface area (Å²) in [5.74, 6) is -0.348. The summed E-state index contributed by atoms with van der Waals surface area (Å²) in [5, 5.41) is 0. The van der Waals surface area contributed by atoms with Gasteiger partial charge in [-0.15, -0.1) is 0 Å². The van der Waals surface area contributed by atoms with Gasteiger partial charge in [0.25, 0.3) is 0 Å². The minimum Gasteiger partial charge on any atom is -0.497 e. The summed E-state index contributed by atoms with van der Waals surface area (Å²) in [6.07, 6.45) is 0.627. The molecular formula is C13H17NO5. The minimum absolute atomic E-state index is 0.144. The highest BCUT2D eigenvalue weighted by Crippen LogP contribution is 2.19. The van der Waals surface area contributed by atoms with Crippen LogP contribution in [0.5, 0.6) is 5.75 Å². The number of hydrogen-bond acceptors (Lipinski definition) is 6. The maximum Gasteiger partial charge on any atom is 0.338 e. The molecule has 0 aliphatic rings. The molecule has 0 amide bonds. The highest BCUT2D eigenvalue weighted by molar-refractivity contribution is 5.91. The van der Waals surface area contributed by atoms with Crippen LogP contribution in [0.2, 0.25) is 0 Å². The Kier molecular flexibility index (Phi) is 5.66. The summed E-state index contributed by atoms with van der Waals surface area (Å²) in [6, 6.07) is 4.65. The molecule has 6 heteroatoms. The molecule has 0 unspecified atom stereocenters. The number of esters is 2. The molecule has 0 saturated heterocycles. The van der Waals surface area contributed by atoms with E-state index < -0.39 is 5.97 Å². The predicted octanol–water partition coefficient (Wildman–Crippen LogP) is 1.39. The number of methoxy groups -OCH3 is 2. The van der Waals surface area contributed by atoms with Crippen LogP contribution >= 0.6 is 0 Å². The van der Waals surface area contributed by atoms with E-state index in [9.17, 15) is 9.59 Å². The first-order valence-electron chi connectivity index (χ1n) is 5.75. The molecule has 0 heterocycles. The van der Waals surface area contributed by atoms with Crippen molar-refractivity contribution in [2.24, 2.45) is 0 Å². The van der Waals surface area contributed by atoms with E-state index in [1.165, 1.54) is 20.3 Å². The smallest absolute Gasteiger partial charge is 0.338 e. The first-order chi connectivity index (χ1) is 9.06. The molecule has 0 atom stereocenters. The molecular weight excluding hydrogens is 250 g/mol. The molecule has 104 valence electrons. The van der Waals surface area contributed by atoms with Gasteiger partial charge >= 0.3 is 11.9 Å². The third-order valence-electron chi connectivity index (χ3n) is 2.39. The number of nitrogens with two attached hydrogens (primary N) is 1. The average molecular weight is 267 g/mol. The highest BCUT2D eigenvalue weighted by Gasteiger charge is 2.10. The van der Waals surface area contributed by atoms with E-state index in [1.807, 2.05) is 0 Å². The fraction of sp³-hybridized carbons (Fsp3) is 0.385. The Morgan fingerprint density at radius 2 is 1.95 bits per heavy atom. The molecule has 0 saturated carbocycles. The lowest BCUT2D eigenvalue weighted by Crippen LogP contribution is -2.09. The number of rotatable bonds is 6. The fourth-order valence-corrected chi connectivity index (χ4v) is 1.42. The van der Waals surface area contributed by atoms with Gasteiger partial charge in [0, 0.05) is 18.2 Å². The van der Waals surface area contributed by atoms with Crippen LogP contribution in [0.1, 0.15) is 23.2 Å². The van der Waals surface area contributed by atoms with Crippen molar-refractivity contribution in [2.75, 3.05) is 26.6 Å². The van der Waals surface area contributed by atoms with Gasteiger partial charge in [0.1, 0.15) is 5.75 Å². The van der Waals surface area contributed by atoms with Gasteiger partial charge in [0.15, 0.2) is 0 Å². The monoisotopic (exact) mass is 267 g/mol. The highest BCUT2D eigenvalue weighted by atomic mass is 16.5. The van der Waals surface area contributed by atoms with Crippen molar-refractivity contribution in [1.82, 2.24) is 0 Å². The summed E-state index contributed by atoms with van der Waals surface area (Å²) >= 11 is 0. The van der Waals surface area contributed by atoms with Gasteiger partial charge < -0.3 is 19.9 Å². The zero-order chi connectivity index (χ0) is 14.3. The predicted molar refractivity (Wildman–Crippen MR) is 68.9 cm³/mol. The number of carbonyl (C=O) groups is 2. The summed E-state index contributed by atoms with van der Waals surface area (Å²) in [6.45, 7) is 0.144. The maximum atomic E-state index is 11.7. The van der Waals surface area contributed by atoms with Gasteiger partial charge in [-0.2, -0.15) is 0 Å². The van der Waals surface area contributed by atoms with Crippen molar-refractivity contribution in [1.29, 1.82) is 0 Å². The minimum atomic E-state index is -0.504. The van der Waals surface area contributed by atoms with Gasteiger partial charge in [-0.1, -0.05) is 0 Å². The van der Waals surface area contributed by atoms with Gasteiger partial charge in [0.2, 0.25) is 0 Å². The van der Waals surface area contributed by atoms with Gasteiger partial charge in [-0.3, -0.25) is 4.79 Å². The van der Waals surface area contributed by atoms with E-state index >= 15 is 0 Å². The quantitative estimate of drug-likeness (QED) is 0.476. The SMILES string of the molecule is COC(=O)CCCOC(=O)c1cc(N)cc(OC)c1. The number of benzene rings is 1. The Hall–Kier alpha value is -2.24. The fourth-order valence-electron chi connectivity index (χ4n) is 1.42. The lowest BCUT2D eigenvalue weighted by molar-refractivity contribution is -0.140. The van der Waals surface area contributed by atoms with Crippen molar-refractivity contribution in [3.8, 4) is 5.75 Å². The third-order valence-corrected chi connectivity index (χ3v) is 2.39. The molecule has 0 aliphatic carbocycles. The summed E-state index contributed by atoms with van der Waals surface area (Å²) in [7, 11) is 2.80. The Morgan fingerprint density at radius 1 is 1.21 bits per heavy atom. The van der Waals surface area contributed by atoms with Crippen LogP contribution in [0.15, 0.2) is 18.2 Å².